The van der Waals surface area contributed by atoms with Crippen molar-refractivity contribution in [1.29, 1.82) is 0 Å². The third-order valence-electron chi connectivity index (χ3n) is 4.86. The molecule has 1 aliphatic carbocycles. The highest BCUT2D eigenvalue weighted by atomic mass is 19.1. The third-order valence-corrected chi connectivity index (χ3v) is 4.86. The topological polar surface area (TPSA) is 49.4 Å². The second kappa shape index (κ2) is 8.92. The monoisotopic (exact) mass is 352 g/mol. The summed E-state index contributed by atoms with van der Waals surface area (Å²) in [4.78, 5) is 26.5. The predicted molar refractivity (Wildman–Crippen MR) is 93.0 cm³/mol. The molecule has 138 valence electrons. The van der Waals surface area contributed by atoms with E-state index >= 15 is 0 Å². The number of carbonyl (C=O) groups is 2. The lowest BCUT2D eigenvalue weighted by Gasteiger charge is -2.30. The van der Waals surface area contributed by atoms with E-state index in [1.165, 1.54) is 6.07 Å². The molecule has 1 aromatic carbocycles. The fraction of sp³-hybridized carbons (Fsp3) is 0.579. The van der Waals surface area contributed by atoms with Crippen molar-refractivity contribution >= 4 is 17.5 Å². The summed E-state index contributed by atoms with van der Waals surface area (Å²) >= 11 is 0. The van der Waals surface area contributed by atoms with Crippen molar-refractivity contribution in [3.8, 4) is 0 Å². The van der Waals surface area contributed by atoms with E-state index in [9.17, 15) is 18.4 Å². The van der Waals surface area contributed by atoms with Gasteiger partial charge in [0, 0.05) is 31.5 Å². The molecule has 0 saturated heterocycles. The molecule has 0 unspecified atom stereocenters. The molecule has 1 fully saturated rings. The van der Waals surface area contributed by atoms with E-state index in [-0.39, 0.29) is 29.3 Å². The first-order valence-electron chi connectivity index (χ1n) is 8.93. The van der Waals surface area contributed by atoms with Crippen LogP contribution in [0, 0.1) is 23.5 Å². The van der Waals surface area contributed by atoms with Crippen LogP contribution in [0.15, 0.2) is 18.2 Å². The van der Waals surface area contributed by atoms with Crippen molar-refractivity contribution in [2.24, 2.45) is 11.8 Å². The summed E-state index contributed by atoms with van der Waals surface area (Å²) in [6.07, 6.45) is 4.58. The molecule has 0 heterocycles. The lowest BCUT2D eigenvalue weighted by atomic mass is 9.81. The molecular formula is C19H26F2N2O2. The maximum Gasteiger partial charge on any atom is 0.227 e. The van der Waals surface area contributed by atoms with Crippen LogP contribution in [-0.4, -0.2) is 30.3 Å². The first kappa shape index (κ1) is 19.3. The van der Waals surface area contributed by atoms with Crippen molar-refractivity contribution in [1.82, 2.24) is 4.90 Å². The van der Waals surface area contributed by atoms with Gasteiger partial charge in [-0.15, -0.1) is 0 Å². The number of halogens is 2. The molecule has 0 radical (unpaired) electrons. The summed E-state index contributed by atoms with van der Waals surface area (Å²) in [7, 11) is 1.83. The van der Waals surface area contributed by atoms with Crippen molar-refractivity contribution in [2.75, 3.05) is 18.9 Å². The molecular weight excluding hydrogens is 326 g/mol. The summed E-state index contributed by atoms with van der Waals surface area (Å²) < 4.78 is 26.5. The fourth-order valence-electron chi connectivity index (χ4n) is 3.25. The van der Waals surface area contributed by atoms with Crippen LogP contribution in [0.25, 0.3) is 0 Å². The molecule has 4 nitrogen and oxygen atoms in total. The number of nitrogens with zero attached hydrogens (tertiary/aromatic N) is 1. The van der Waals surface area contributed by atoms with Crippen molar-refractivity contribution in [3.05, 3.63) is 29.8 Å². The Hall–Kier alpha value is -1.98. The van der Waals surface area contributed by atoms with Crippen LogP contribution in [0.5, 0.6) is 0 Å². The number of hydrogen-bond donors (Lipinski definition) is 1. The predicted octanol–water partition coefficient (Wildman–Crippen LogP) is 3.97. The summed E-state index contributed by atoms with van der Waals surface area (Å²) in [6, 6.07) is 3.08. The number of nitrogens with one attached hydrogen (secondary N) is 1. The molecule has 0 aromatic heterocycles. The molecule has 25 heavy (non-hydrogen) atoms. The Kier molecular flexibility index (Phi) is 6.91. The highest BCUT2D eigenvalue weighted by Gasteiger charge is 2.31. The van der Waals surface area contributed by atoms with Gasteiger partial charge < -0.3 is 10.2 Å². The number of amides is 2. The quantitative estimate of drug-likeness (QED) is 0.842. The van der Waals surface area contributed by atoms with Crippen LogP contribution in [-0.2, 0) is 9.59 Å². The third kappa shape index (κ3) is 5.25. The highest BCUT2D eigenvalue weighted by Crippen LogP contribution is 2.31. The zero-order valence-electron chi connectivity index (χ0n) is 14.9. The molecule has 2 amide bonds. The summed E-state index contributed by atoms with van der Waals surface area (Å²) in [6.45, 7) is 2.85. The van der Waals surface area contributed by atoms with Gasteiger partial charge in [-0.05, 0) is 44.2 Å². The van der Waals surface area contributed by atoms with Gasteiger partial charge >= 0.3 is 0 Å². The Morgan fingerprint density at radius 2 is 1.80 bits per heavy atom. The van der Waals surface area contributed by atoms with Crippen molar-refractivity contribution < 1.29 is 18.4 Å². The lowest BCUT2D eigenvalue weighted by Crippen LogP contribution is -2.37. The van der Waals surface area contributed by atoms with Gasteiger partial charge in [-0.3, -0.25) is 9.59 Å². The van der Waals surface area contributed by atoms with Crippen molar-refractivity contribution in [3.63, 3.8) is 0 Å². The average Bonchev–Trinajstić information content (AvgIpc) is 2.61. The van der Waals surface area contributed by atoms with E-state index in [0.717, 1.165) is 31.5 Å². The van der Waals surface area contributed by atoms with Gasteiger partial charge in [0.25, 0.3) is 0 Å². The fourth-order valence-corrected chi connectivity index (χ4v) is 3.25. The summed E-state index contributed by atoms with van der Waals surface area (Å²) in [5.41, 5.74) is -0.0103. The maximum atomic E-state index is 13.6. The van der Waals surface area contributed by atoms with Gasteiger partial charge in [0.1, 0.15) is 11.6 Å². The van der Waals surface area contributed by atoms with E-state index < -0.39 is 11.6 Å². The number of carbonyl (C=O) groups excluding carboxylic acids is 2. The molecule has 1 aromatic rings. The van der Waals surface area contributed by atoms with Crippen LogP contribution in [0.3, 0.4) is 0 Å². The van der Waals surface area contributed by atoms with Gasteiger partial charge in [0.2, 0.25) is 11.8 Å². The molecule has 0 bridgehead atoms. The Morgan fingerprint density at radius 3 is 2.40 bits per heavy atom. The number of anilines is 1. The Labute approximate surface area is 147 Å². The summed E-state index contributed by atoms with van der Waals surface area (Å²) in [5, 5.41) is 2.53. The summed E-state index contributed by atoms with van der Waals surface area (Å²) in [5.74, 6) is -1.85. The van der Waals surface area contributed by atoms with E-state index in [0.29, 0.717) is 25.7 Å². The number of unbranched alkanes of at least 4 members (excludes halogenated alkanes) is 1. The number of rotatable bonds is 6. The van der Waals surface area contributed by atoms with Gasteiger partial charge in [-0.2, -0.15) is 0 Å². The minimum Gasteiger partial charge on any atom is -0.346 e. The SMILES string of the molecule is CCCCN(C)C(=O)C1CCC(C(=O)Nc2ccc(F)cc2F)CC1. The van der Waals surface area contributed by atoms with Crippen LogP contribution >= 0.6 is 0 Å². The van der Waals surface area contributed by atoms with Gasteiger partial charge in [0.15, 0.2) is 0 Å². The average molecular weight is 352 g/mol. The zero-order chi connectivity index (χ0) is 18.4. The van der Waals surface area contributed by atoms with Crippen LogP contribution in [0.2, 0.25) is 0 Å². The zero-order valence-corrected chi connectivity index (χ0v) is 14.9. The normalized spacial score (nSPS) is 20.2. The number of benzene rings is 1. The standard InChI is InChI=1S/C19H26F2N2O2/c1-3-4-11-23(2)19(25)14-7-5-13(6-8-14)18(24)22-17-10-9-15(20)12-16(17)21/h9-10,12-14H,3-8,11H2,1-2H3,(H,22,24). The van der Waals surface area contributed by atoms with E-state index in [2.05, 4.69) is 12.2 Å². The Balaban J connectivity index is 1.84. The van der Waals surface area contributed by atoms with Gasteiger partial charge in [0.05, 0.1) is 5.69 Å². The maximum absolute atomic E-state index is 13.6. The molecule has 1 N–H and O–H groups in total. The minimum atomic E-state index is -0.783. The van der Waals surface area contributed by atoms with Gasteiger partial charge in [-0.1, -0.05) is 13.3 Å². The number of hydrogen-bond acceptors (Lipinski definition) is 2. The highest BCUT2D eigenvalue weighted by molar-refractivity contribution is 5.92. The van der Waals surface area contributed by atoms with E-state index in [1.54, 1.807) is 4.90 Å². The van der Waals surface area contributed by atoms with Crippen molar-refractivity contribution in [2.45, 2.75) is 45.4 Å². The minimum absolute atomic E-state index is 0.0103. The second-order valence-electron chi connectivity index (χ2n) is 6.78. The molecule has 0 spiro atoms. The first-order chi connectivity index (χ1) is 11.9. The molecule has 2 rings (SSSR count). The molecule has 0 aliphatic heterocycles. The first-order valence-corrected chi connectivity index (χ1v) is 8.93. The second-order valence-corrected chi connectivity index (χ2v) is 6.78. The van der Waals surface area contributed by atoms with Crippen LogP contribution in [0.1, 0.15) is 45.4 Å². The largest absolute Gasteiger partial charge is 0.346 e. The van der Waals surface area contributed by atoms with Crippen LogP contribution < -0.4 is 5.32 Å². The molecule has 1 saturated carbocycles. The Bertz CT molecular complexity index is 613. The Morgan fingerprint density at radius 1 is 1.16 bits per heavy atom. The van der Waals surface area contributed by atoms with E-state index in [4.69, 9.17) is 0 Å². The smallest absolute Gasteiger partial charge is 0.227 e. The van der Waals surface area contributed by atoms with Gasteiger partial charge in [-0.25, -0.2) is 8.78 Å². The molecule has 6 heteroatoms. The lowest BCUT2D eigenvalue weighted by molar-refractivity contribution is -0.136. The van der Waals surface area contributed by atoms with Crippen LogP contribution in [0.4, 0.5) is 14.5 Å². The molecule has 0 atom stereocenters. The molecule has 1 aliphatic rings. The van der Waals surface area contributed by atoms with E-state index in [1.807, 2.05) is 7.05 Å².